The van der Waals surface area contributed by atoms with E-state index >= 15 is 0 Å². The molecular formula is C16H24N4O2. The SMILES string of the molecule is COCc1nnc2n1CCN(C(=O)C1=CCCCC1)[C@@H](C)C2. The third-order valence-electron chi connectivity index (χ3n) is 4.58. The molecule has 2 aliphatic rings. The number of carbonyl (C=O) groups is 1. The lowest BCUT2D eigenvalue weighted by molar-refractivity contribution is -0.129. The van der Waals surface area contributed by atoms with E-state index in [1.165, 1.54) is 6.42 Å². The zero-order chi connectivity index (χ0) is 15.5. The molecule has 0 saturated heterocycles. The molecule has 0 saturated carbocycles. The third-order valence-corrected chi connectivity index (χ3v) is 4.58. The third kappa shape index (κ3) is 2.92. The molecule has 0 unspecified atom stereocenters. The largest absolute Gasteiger partial charge is 0.377 e. The van der Waals surface area contributed by atoms with E-state index in [0.29, 0.717) is 13.2 Å². The summed E-state index contributed by atoms with van der Waals surface area (Å²) < 4.78 is 7.28. The summed E-state index contributed by atoms with van der Waals surface area (Å²) in [6.07, 6.45) is 7.16. The molecule has 0 spiro atoms. The van der Waals surface area contributed by atoms with Gasteiger partial charge in [0.1, 0.15) is 12.4 Å². The van der Waals surface area contributed by atoms with Gasteiger partial charge < -0.3 is 14.2 Å². The second-order valence-electron chi connectivity index (χ2n) is 6.14. The maximum atomic E-state index is 12.8. The number of aromatic nitrogens is 3. The van der Waals surface area contributed by atoms with Crippen molar-refractivity contribution in [1.29, 1.82) is 0 Å². The van der Waals surface area contributed by atoms with Gasteiger partial charge >= 0.3 is 0 Å². The Bertz CT molecular complexity index is 579. The number of hydrogen-bond donors (Lipinski definition) is 0. The molecule has 1 amide bonds. The summed E-state index contributed by atoms with van der Waals surface area (Å²) in [5.41, 5.74) is 0.993. The summed E-state index contributed by atoms with van der Waals surface area (Å²) in [7, 11) is 1.66. The molecule has 1 aliphatic carbocycles. The average molecular weight is 304 g/mol. The standard InChI is InChI=1S/C16H24N4O2/c1-12-10-14-17-18-15(11-22-2)20(14)9-8-19(12)16(21)13-6-4-3-5-7-13/h6,12H,3-5,7-11H2,1-2H3/t12-/m0/s1. The fraction of sp³-hybridized carbons (Fsp3) is 0.688. The Balaban J connectivity index is 1.76. The van der Waals surface area contributed by atoms with Gasteiger partial charge in [-0.25, -0.2) is 0 Å². The maximum absolute atomic E-state index is 12.8. The Morgan fingerprint density at radius 1 is 1.36 bits per heavy atom. The first-order valence-electron chi connectivity index (χ1n) is 8.10. The van der Waals surface area contributed by atoms with Crippen LogP contribution in [0, 0.1) is 0 Å². The Kier molecular flexibility index (Phi) is 4.57. The number of allylic oxidation sites excluding steroid dienone is 1. The highest BCUT2D eigenvalue weighted by Crippen LogP contribution is 2.22. The minimum absolute atomic E-state index is 0.149. The highest BCUT2D eigenvalue weighted by Gasteiger charge is 2.28. The van der Waals surface area contributed by atoms with Gasteiger partial charge in [0, 0.05) is 38.2 Å². The molecule has 2 heterocycles. The lowest BCUT2D eigenvalue weighted by Gasteiger charge is -2.28. The van der Waals surface area contributed by atoms with Gasteiger partial charge in [-0.2, -0.15) is 0 Å². The van der Waals surface area contributed by atoms with Gasteiger partial charge in [0.05, 0.1) is 0 Å². The zero-order valence-electron chi connectivity index (χ0n) is 13.4. The first kappa shape index (κ1) is 15.2. The summed E-state index contributed by atoms with van der Waals surface area (Å²) in [5.74, 6) is 2.00. The second-order valence-corrected chi connectivity index (χ2v) is 6.14. The molecule has 1 aromatic rings. The summed E-state index contributed by atoms with van der Waals surface area (Å²) in [4.78, 5) is 14.8. The minimum Gasteiger partial charge on any atom is -0.377 e. The number of amides is 1. The van der Waals surface area contributed by atoms with Crippen molar-refractivity contribution >= 4 is 5.91 Å². The fourth-order valence-corrected chi connectivity index (χ4v) is 3.34. The van der Waals surface area contributed by atoms with Crippen molar-refractivity contribution in [3.05, 3.63) is 23.3 Å². The Morgan fingerprint density at radius 3 is 2.95 bits per heavy atom. The van der Waals surface area contributed by atoms with Crippen LogP contribution in [0.4, 0.5) is 0 Å². The number of rotatable bonds is 3. The van der Waals surface area contributed by atoms with E-state index in [2.05, 4.69) is 27.8 Å². The van der Waals surface area contributed by atoms with Gasteiger partial charge in [0.2, 0.25) is 5.91 Å². The van der Waals surface area contributed by atoms with Gasteiger partial charge in [-0.05, 0) is 32.6 Å². The number of carbonyl (C=O) groups excluding carboxylic acids is 1. The molecule has 1 aliphatic heterocycles. The van der Waals surface area contributed by atoms with Crippen LogP contribution in [0.1, 0.15) is 44.3 Å². The lowest BCUT2D eigenvalue weighted by Crippen LogP contribution is -2.41. The van der Waals surface area contributed by atoms with Crippen LogP contribution in [0.3, 0.4) is 0 Å². The molecule has 1 aromatic heterocycles. The quantitative estimate of drug-likeness (QED) is 0.853. The van der Waals surface area contributed by atoms with Gasteiger partial charge in [0.15, 0.2) is 5.82 Å². The van der Waals surface area contributed by atoms with Gasteiger partial charge in [-0.15, -0.1) is 10.2 Å². The van der Waals surface area contributed by atoms with E-state index < -0.39 is 0 Å². The molecule has 6 nitrogen and oxygen atoms in total. The van der Waals surface area contributed by atoms with Gasteiger partial charge in [-0.3, -0.25) is 4.79 Å². The van der Waals surface area contributed by atoms with Crippen LogP contribution in [-0.4, -0.2) is 45.3 Å². The van der Waals surface area contributed by atoms with Crippen molar-refractivity contribution in [1.82, 2.24) is 19.7 Å². The molecule has 0 radical (unpaired) electrons. The first-order valence-corrected chi connectivity index (χ1v) is 8.10. The summed E-state index contributed by atoms with van der Waals surface area (Å²) in [6, 6.07) is 0.149. The molecule has 3 rings (SSSR count). The molecule has 6 heteroatoms. The van der Waals surface area contributed by atoms with Crippen LogP contribution in [0.2, 0.25) is 0 Å². The molecule has 0 bridgehead atoms. The summed E-state index contributed by atoms with van der Waals surface area (Å²) in [6.45, 7) is 4.01. The van der Waals surface area contributed by atoms with Crippen molar-refractivity contribution in [3.8, 4) is 0 Å². The van der Waals surface area contributed by atoms with Crippen LogP contribution in [-0.2, 0) is 29.1 Å². The van der Waals surface area contributed by atoms with Gasteiger partial charge in [0.25, 0.3) is 0 Å². The molecule has 1 atom stereocenters. The number of fused-ring (bicyclic) bond motifs is 1. The van der Waals surface area contributed by atoms with Crippen molar-refractivity contribution in [3.63, 3.8) is 0 Å². The Labute approximate surface area is 131 Å². The van der Waals surface area contributed by atoms with Crippen molar-refractivity contribution in [2.75, 3.05) is 13.7 Å². The van der Waals surface area contributed by atoms with Crippen LogP contribution < -0.4 is 0 Å². The lowest BCUT2D eigenvalue weighted by atomic mass is 9.98. The molecule has 0 aromatic carbocycles. The predicted octanol–water partition coefficient (Wildman–Crippen LogP) is 1.70. The monoisotopic (exact) mass is 304 g/mol. The van der Waals surface area contributed by atoms with E-state index in [9.17, 15) is 4.79 Å². The number of hydrogen-bond acceptors (Lipinski definition) is 4. The molecule has 0 fully saturated rings. The van der Waals surface area contributed by atoms with E-state index in [1.807, 2.05) is 4.90 Å². The smallest absolute Gasteiger partial charge is 0.249 e. The van der Waals surface area contributed by atoms with E-state index in [0.717, 1.165) is 49.4 Å². The number of methoxy groups -OCH3 is 1. The normalized spacial score (nSPS) is 22.0. The van der Waals surface area contributed by atoms with Crippen LogP contribution in [0.25, 0.3) is 0 Å². The number of nitrogens with zero attached hydrogens (tertiary/aromatic N) is 4. The van der Waals surface area contributed by atoms with E-state index in [4.69, 9.17) is 4.74 Å². The highest BCUT2D eigenvalue weighted by atomic mass is 16.5. The summed E-state index contributed by atoms with van der Waals surface area (Å²) >= 11 is 0. The predicted molar refractivity (Wildman–Crippen MR) is 82.2 cm³/mol. The van der Waals surface area contributed by atoms with Crippen LogP contribution >= 0.6 is 0 Å². The second kappa shape index (κ2) is 6.60. The molecule has 120 valence electrons. The van der Waals surface area contributed by atoms with Crippen molar-refractivity contribution in [2.24, 2.45) is 0 Å². The van der Waals surface area contributed by atoms with Crippen molar-refractivity contribution in [2.45, 2.75) is 58.2 Å². The number of ether oxygens (including phenoxy) is 1. The fourth-order valence-electron chi connectivity index (χ4n) is 3.34. The maximum Gasteiger partial charge on any atom is 0.249 e. The van der Waals surface area contributed by atoms with Crippen LogP contribution in [0.15, 0.2) is 11.6 Å². The molecule has 22 heavy (non-hydrogen) atoms. The Hall–Kier alpha value is -1.69. The average Bonchev–Trinajstić information content (AvgIpc) is 2.82. The van der Waals surface area contributed by atoms with E-state index in [1.54, 1.807) is 7.11 Å². The molecule has 0 N–H and O–H groups in total. The molecular weight excluding hydrogens is 280 g/mol. The van der Waals surface area contributed by atoms with Gasteiger partial charge in [-0.1, -0.05) is 6.08 Å². The Morgan fingerprint density at radius 2 is 2.23 bits per heavy atom. The minimum atomic E-state index is 0.149. The summed E-state index contributed by atoms with van der Waals surface area (Å²) in [5, 5.41) is 8.47. The highest BCUT2D eigenvalue weighted by molar-refractivity contribution is 5.93. The topological polar surface area (TPSA) is 60.3 Å². The zero-order valence-corrected chi connectivity index (χ0v) is 13.4. The first-order chi connectivity index (χ1) is 10.7. The van der Waals surface area contributed by atoms with Crippen molar-refractivity contribution < 1.29 is 9.53 Å². The van der Waals surface area contributed by atoms with E-state index in [-0.39, 0.29) is 11.9 Å². The van der Waals surface area contributed by atoms with Crippen LogP contribution in [0.5, 0.6) is 0 Å².